The van der Waals surface area contributed by atoms with E-state index in [0.717, 1.165) is 28.0 Å². The molecule has 0 aliphatic rings. The van der Waals surface area contributed by atoms with Crippen molar-refractivity contribution in [2.75, 3.05) is 18.3 Å². The Balaban J connectivity index is 1.75. The number of Topliss-reactive ketones (excluding diaryl/α,β-unsaturated/α-hetero) is 1. The Morgan fingerprint density at radius 1 is 1.22 bits per heavy atom. The summed E-state index contributed by atoms with van der Waals surface area (Å²) in [6.07, 6.45) is 0. The number of methoxy groups -OCH3 is 1. The van der Waals surface area contributed by atoms with Gasteiger partial charge in [-0.25, -0.2) is 9.66 Å². The summed E-state index contributed by atoms with van der Waals surface area (Å²) in [7, 11) is 1.64. The van der Waals surface area contributed by atoms with Crippen LogP contribution in [0, 0.1) is 13.8 Å². The molecule has 0 radical (unpaired) electrons. The predicted molar refractivity (Wildman–Crippen MR) is 110 cm³/mol. The van der Waals surface area contributed by atoms with Gasteiger partial charge >= 0.3 is 0 Å². The summed E-state index contributed by atoms with van der Waals surface area (Å²) >= 11 is 7.36. The number of thioether (sulfide) groups is 1. The topological polar surface area (TPSA) is 56.1 Å². The number of anilines is 1. The predicted octanol–water partition coefficient (Wildman–Crippen LogP) is 5.01. The Labute approximate surface area is 167 Å². The van der Waals surface area contributed by atoms with Gasteiger partial charge in [0.05, 0.1) is 29.9 Å². The van der Waals surface area contributed by atoms with Crippen LogP contribution in [0.5, 0.6) is 5.75 Å². The number of rotatable bonds is 7. The quantitative estimate of drug-likeness (QED) is 0.445. The van der Waals surface area contributed by atoms with E-state index in [0.29, 0.717) is 10.6 Å². The molecule has 0 bridgehead atoms. The number of hydrogen-bond acceptors (Lipinski definition) is 5. The lowest BCUT2D eigenvalue weighted by Crippen LogP contribution is -2.13. The lowest BCUT2D eigenvalue weighted by molar-refractivity contribution is 0.102. The van der Waals surface area contributed by atoms with Crippen LogP contribution in [0.2, 0.25) is 5.02 Å². The molecule has 0 atom stereocenters. The highest BCUT2D eigenvalue weighted by atomic mass is 35.5. The van der Waals surface area contributed by atoms with Crippen LogP contribution in [0.3, 0.4) is 0 Å². The van der Waals surface area contributed by atoms with Crippen molar-refractivity contribution in [3.05, 3.63) is 70.5 Å². The smallest absolute Gasteiger partial charge is 0.187 e. The number of ether oxygens (including phenoxy) is 1. The van der Waals surface area contributed by atoms with E-state index in [1.165, 1.54) is 11.8 Å². The van der Waals surface area contributed by atoms with Crippen LogP contribution in [0.1, 0.15) is 21.7 Å². The third kappa shape index (κ3) is 4.64. The van der Waals surface area contributed by atoms with E-state index in [9.17, 15) is 4.79 Å². The first kappa shape index (κ1) is 19.3. The summed E-state index contributed by atoms with van der Waals surface area (Å²) < 4.78 is 7.08. The largest absolute Gasteiger partial charge is 0.497 e. The zero-order chi connectivity index (χ0) is 19.4. The van der Waals surface area contributed by atoms with Gasteiger partial charge in [-0.2, -0.15) is 0 Å². The lowest BCUT2D eigenvalue weighted by Gasteiger charge is -2.13. The molecule has 0 saturated heterocycles. The van der Waals surface area contributed by atoms with Gasteiger partial charge in [-0.05, 0) is 50.2 Å². The Bertz CT molecular complexity index is 954. The van der Waals surface area contributed by atoms with Gasteiger partial charge < -0.3 is 4.74 Å². The van der Waals surface area contributed by atoms with Gasteiger partial charge in [0.2, 0.25) is 0 Å². The molecule has 1 N–H and O–H groups in total. The molecule has 0 aliphatic carbocycles. The Kier molecular flexibility index (Phi) is 6.08. The molecule has 3 rings (SSSR count). The second-order valence-electron chi connectivity index (χ2n) is 5.96. The lowest BCUT2D eigenvalue weighted by atomic mass is 10.1. The van der Waals surface area contributed by atoms with Crippen molar-refractivity contribution in [1.29, 1.82) is 0 Å². The van der Waals surface area contributed by atoms with E-state index >= 15 is 0 Å². The molecule has 140 valence electrons. The van der Waals surface area contributed by atoms with E-state index in [1.54, 1.807) is 31.4 Å². The Morgan fingerprint density at radius 3 is 2.63 bits per heavy atom. The molecule has 7 heteroatoms. The van der Waals surface area contributed by atoms with Gasteiger partial charge in [0.1, 0.15) is 5.75 Å². The molecule has 0 spiro atoms. The standard InChI is InChI=1S/C20H20ClN3O2S/c1-13-14(2)24(23-17-7-9-18(26-3)10-8-17)20(22-13)27-12-19(25)15-5-4-6-16(21)11-15/h4-11,23H,12H2,1-3H3. The Hall–Kier alpha value is -2.44. The molecule has 3 aromatic rings. The van der Waals surface area contributed by atoms with Gasteiger partial charge in [-0.15, -0.1) is 0 Å². The zero-order valence-electron chi connectivity index (χ0n) is 15.3. The highest BCUT2D eigenvalue weighted by molar-refractivity contribution is 7.99. The minimum Gasteiger partial charge on any atom is -0.497 e. The number of benzene rings is 2. The molecular formula is C20H20ClN3O2S. The van der Waals surface area contributed by atoms with Crippen molar-refractivity contribution in [1.82, 2.24) is 9.66 Å². The minimum atomic E-state index is 0.0109. The highest BCUT2D eigenvalue weighted by Crippen LogP contribution is 2.24. The second kappa shape index (κ2) is 8.50. The molecule has 1 aromatic heterocycles. The van der Waals surface area contributed by atoms with Crippen molar-refractivity contribution < 1.29 is 9.53 Å². The molecule has 0 amide bonds. The molecule has 0 aliphatic heterocycles. The number of imidazole rings is 1. The molecule has 5 nitrogen and oxygen atoms in total. The normalized spacial score (nSPS) is 10.7. The average Bonchev–Trinajstić information content (AvgIpc) is 2.94. The monoisotopic (exact) mass is 401 g/mol. The molecule has 27 heavy (non-hydrogen) atoms. The van der Waals surface area contributed by atoms with Crippen LogP contribution in [0.25, 0.3) is 0 Å². The summed E-state index contributed by atoms with van der Waals surface area (Å²) in [5.41, 5.74) is 6.73. The van der Waals surface area contributed by atoms with Crippen molar-refractivity contribution in [2.45, 2.75) is 19.0 Å². The van der Waals surface area contributed by atoms with Gasteiger partial charge in [0, 0.05) is 10.6 Å². The fourth-order valence-electron chi connectivity index (χ4n) is 2.48. The SMILES string of the molecule is COc1ccc(Nn2c(SCC(=O)c3cccc(Cl)c3)nc(C)c2C)cc1. The third-order valence-corrected chi connectivity index (χ3v) is 5.30. The van der Waals surface area contributed by atoms with Gasteiger partial charge in [-0.3, -0.25) is 10.2 Å². The average molecular weight is 402 g/mol. The Morgan fingerprint density at radius 2 is 1.96 bits per heavy atom. The summed E-state index contributed by atoms with van der Waals surface area (Å²) in [4.78, 5) is 17.0. The first-order chi connectivity index (χ1) is 13.0. The third-order valence-electron chi connectivity index (χ3n) is 4.12. The van der Waals surface area contributed by atoms with Crippen LogP contribution in [0.15, 0.2) is 53.7 Å². The summed E-state index contributed by atoms with van der Waals surface area (Å²) in [5.74, 6) is 1.08. The van der Waals surface area contributed by atoms with Crippen LogP contribution in [-0.2, 0) is 0 Å². The number of aryl methyl sites for hydroxylation is 1. The van der Waals surface area contributed by atoms with E-state index in [2.05, 4.69) is 10.4 Å². The van der Waals surface area contributed by atoms with Gasteiger partial charge in [0.25, 0.3) is 0 Å². The van der Waals surface area contributed by atoms with E-state index in [4.69, 9.17) is 16.3 Å². The van der Waals surface area contributed by atoms with Crippen LogP contribution in [0.4, 0.5) is 5.69 Å². The van der Waals surface area contributed by atoms with Crippen LogP contribution >= 0.6 is 23.4 Å². The number of halogens is 1. The summed E-state index contributed by atoms with van der Waals surface area (Å²) in [5, 5.41) is 1.29. The number of carbonyl (C=O) groups is 1. The van der Waals surface area contributed by atoms with Crippen molar-refractivity contribution >= 4 is 34.8 Å². The fourth-order valence-corrected chi connectivity index (χ4v) is 3.61. The van der Waals surface area contributed by atoms with Crippen LogP contribution < -0.4 is 10.2 Å². The van der Waals surface area contributed by atoms with E-state index in [-0.39, 0.29) is 11.5 Å². The molecule has 1 heterocycles. The van der Waals surface area contributed by atoms with Crippen molar-refractivity contribution in [2.24, 2.45) is 0 Å². The van der Waals surface area contributed by atoms with Gasteiger partial charge in [0.15, 0.2) is 10.9 Å². The molecule has 0 unspecified atom stereocenters. The summed E-state index contributed by atoms with van der Waals surface area (Å²) in [6, 6.07) is 14.6. The maximum Gasteiger partial charge on any atom is 0.187 e. The number of nitrogens with zero attached hydrogens (tertiary/aromatic N) is 2. The number of nitrogens with one attached hydrogen (secondary N) is 1. The number of ketones is 1. The first-order valence-corrected chi connectivity index (χ1v) is 9.73. The second-order valence-corrected chi connectivity index (χ2v) is 7.34. The minimum absolute atomic E-state index is 0.0109. The summed E-state index contributed by atoms with van der Waals surface area (Å²) in [6.45, 7) is 3.94. The number of hydrogen-bond donors (Lipinski definition) is 1. The maximum absolute atomic E-state index is 12.5. The van der Waals surface area contributed by atoms with E-state index in [1.807, 2.05) is 42.8 Å². The van der Waals surface area contributed by atoms with Crippen molar-refractivity contribution in [3.63, 3.8) is 0 Å². The maximum atomic E-state index is 12.5. The molecule has 0 saturated carbocycles. The molecule has 2 aromatic carbocycles. The fraction of sp³-hybridized carbons (Fsp3) is 0.200. The number of aromatic nitrogens is 2. The van der Waals surface area contributed by atoms with E-state index < -0.39 is 0 Å². The first-order valence-electron chi connectivity index (χ1n) is 8.36. The number of carbonyl (C=O) groups excluding carboxylic acids is 1. The highest BCUT2D eigenvalue weighted by Gasteiger charge is 2.15. The van der Waals surface area contributed by atoms with Gasteiger partial charge in [-0.1, -0.05) is 35.5 Å². The van der Waals surface area contributed by atoms with Crippen molar-refractivity contribution in [3.8, 4) is 5.75 Å². The molecular weight excluding hydrogens is 382 g/mol. The zero-order valence-corrected chi connectivity index (χ0v) is 16.9. The van der Waals surface area contributed by atoms with Crippen LogP contribution in [-0.4, -0.2) is 28.3 Å². The molecule has 0 fully saturated rings.